The summed E-state index contributed by atoms with van der Waals surface area (Å²) >= 11 is 6.13. The third kappa shape index (κ3) is 3.21. The maximum Gasteiger partial charge on any atom is 0.308 e. The van der Waals surface area contributed by atoms with E-state index in [9.17, 15) is 14.7 Å². The van der Waals surface area contributed by atoms with Gasteiger partial charge in [0.1, 0.15) is 0 Å². The number of nitrogens with zero attached hydrogens (tertiary/aromatic N) is 2. The number of hydrogen-bond acceptors (Lipinski definition) is 3. The fourth-order valence-corrected chi connectivity index (χ4v) is 3.69. The average Bonchev–Trinajstić information content (AvgIpc) is 3.45. The summed E-state index contributed by atoms with van der Waals surface area (Å²) < 4.78 is 0. The summed E-state index contributed by atoms with van der Waals surface area (Å²) in [6.45, 7) is 0.850. The van der Waals surface area contributed by atoms with Crippen LogP contribution in [0.1, 0.15) is 47.7 Å². The monoisotopic (exact) mass is 358 g/mol. The lowest BCUT2D eigenvalue weighted by Crippen LogP contribution is -2.42. The molecule has 25 heavy (non-hydrogen) atoms. The number of rotatable bonds is 3. The standard InChI is InChI=1S/C19H19ClN2O3/c20-13-5-6-16-14(8-13)15(9-17(21-16)11-3-4-11)18(23)22-7-1-2-12(10-22)19(24)25/h5-6,8-9,11-12H,1-4,7,10H2,(H,24,25). The highest BCUT2D eigenvalue weighted by atomic mass is 35.5. The van der Waals surface area contributed by atoms with E-state index >= 15 is 0 Å². The number of carboxylic acid groups (broad SMARTS) is 1. The molecule has 1 N–H and O–H groups in total. The molecule has 1 aliphatic heterocycles. The van der Waals surface area contributed by atoms with Crippen molar-refractivity contribution < 1.29 is 14.7 Å². The summed E-state index contributed by atoms with van der Waals surface area (Å²) in [5, 5.41) is 10.6. The fourth-order valence-electron chi connectivity index (χ4n) is 3.52. The van der Waals surface area contributed by atoms with Gasteiger partial charge in [-0.3, -0.25) is 14.6 Å². The van der Waals surface area contributed by atoms with Crippen LogP contribution in [0, 0.1) is 5.92 Å². The molecule has 1 saturated carbocycles. The van der Waals surface area contributed by atoms with E-state index in [0.717, 1.165) is 29.4 Å². The van der Waals surface area contributed by atoms with Crippen molar-refractivity contribution in [3.05, 3.63) is 40.5 Å². The van der Waals surface area contributed by atoms with Crippen LogP contribution in [0.15, 0.2) is 24.3 Å². The maximum atomic E-state index is 13.2. The minimum absolute atomic E-state index is 0.123. The molecule has 1 aliphatic carbocycles. The van der Waals surface area contributed by atoms with Crippen LogP contribution in [0.5, 0.6) is 0 Å². The Morgan fingerprint density at radius 3 is 2.72 bits per heavy atom. The van der Waals surface area contributed by atoms with Gasteiger partial charge in [0.2, 0.25) is 0 Å². The topological polar surface area (TPSA) is 70.5 Å². The minimum atomic E-state index is -0.834. The van der Waals surface area contributed by atoms with E-state index in [2.05, 4.69) is 4.98 Å². The number of hydrogen-bond donors (Lipinski definition) is 1. The van der Waals surface area contributed by atoms with Gasteiger partial charge in [-0.15, -0.1) is 0 Å². The van der Waals surface area contributed by atoms with E-state index in [-0.39, 0.29) is 12.5 Å². The lowest BCUT2D eigenvalue weighted by Gasteiger charge is -2.31. The predicted molar refractivity (Wildman–Crippen MR) is 95.0 cm³/mol. The molecular weight excluding hydrogens is 340 g/mol. The second-order valence-electron chi connectivity index (χ2n) is 6.96. The molecule has 0 spiro atoms. The van der Waals surface area contributed by atoms with Gasteiger partial charge in [-0.1, -0.05) is 11.6 Å². The highest BCUT2D eigenvalue weighted by Gasteiger charge is 2.31. The number of benzene rings is 1. The zero-order valence-electron chi connectivity index (χ0n) is 13.7. The van der Waals surface area contributed by atoms with Crippen LogP contribution in [-0.4, -0.2) is 40.0 Å². The van der Waals surface area contributed by atoms with Gasteiger partial charge in [-0.2, -0.15) is 0 Å². The Bertz CT molecular complexity index is 863. The van der Waals surface area contributed by atoms with Crippen LogP contribution >= 0.6 is 11.6 Å². The molecule has 0 bridgehead atoms. The Balaban J connectivity index is 1.75. The molecular formula is C19H19ClN2O3. The van der Waals surface area contributed by atoms with Crippen molar-refractivity contribution >= 4 is 34.4 Å². The summed E-state index contributed by atoms with van der Waals surface area (Å²) in [4.78, 5) is 30.8. The van der Waals surface area contributed by atoms with Crippen LogP contribution in [0.2, 0.25) is 5.02 Å². The predicted octanol–water partition coefficient (Wildman–Crippen LogP) is 3.70. The molecule has 2 aromatic rings. The van der Waals surface area contributed by atoms with Crippen LogP contribution in [0.25, 0.3) is 10.9 Å². The van der Waals surface area contributed by atoms with E-state index in [0.29, 0.717) is 35.9 Å². The quantitative estimate of drug-likeness (QED) is 0.908. The third-order valence-electron chi connectivity index (χ3n) is 5.07. The van der Waals surface area contributed by atoms with Gasteiger partial charge >= 0.3 is 5.97 Å². The number of carboxylic acids is 1. The first-order valence-corrected chi connectivity index (χ1v) is 9.03. The molecule has 1 atom stereocenters. The van der Waals surface area contributed by atoms with Crippen molar-refractivity contribution in [1.29, 1.82) is 0 Å². The molecule has 5 nitrogen and oxygen atoms in total. The molecule has 130 valence electrons. The Morgan fingerprint density at radius 2 is 2.00 bits per heavy atom. The average molecular weight is 359 g/mol. The van der Waals surface area contributed by atoms with E-state index < -0.39 is 11.9 Å². The molecule has 0 radical (unpaired) electrons. The number of carbonyl (C=O) groups excluding carboxylic acids is 1. The zero-order chi connectivity index (χ0) is 17.6. The lowest BCUT2D eigenvalue weighted by molar-refractivity contribution is -0.143. The molecule has 1 saturated heterocycles. The molecule has 1 unspecified atom stereocenters. The number of pyridine rings is 1. The first-order chi connectivity index (χ1) is 12.0. The van der Waals surface area contributed by atoms with Crippen molar-refractivity contribution in [2.75, 3.05) is 13.1 Å². The minimum Gasteiger partial charge on any atom is -0.481 e. The van der Waals surface area contributed by atoms with Crippen molar-refractivity contribution in [3.8, 4) is 0 Å². The zero-order valence-corrected chi connectivity index (χ0v) is 14.5. The van der Waals surface area contributed by atoms with Gasteiger partial charge in [0.15, 0.2) is 0 Å². The van der Waals surface area contributed by atoms with Gasteiger partial charge in [-0.05, 0) is 49.9 Å². The van der Waals surface area contributed by atoms with Gasteiger partial charge in [0.05, 0.1) is 17.0 Å². The van der Waals surface area contributed by atoms with Gasteiger partial charge in [0, 0.05) is 35.1 Å². The van der Waals surface area contributed by atoms with Crippen LogP contribution in [0.4, 0.5) is 0 Å². The van der Waals surface area contributed by atoms with E-state index in [4.69, 9.17) is 11.6 Å². The highest BCUT2D eigenvalue weighted by Crippen LogP contribution is 2.40. The fraction of sp³-hybridized carbons (Fsp3) is 0.421. The Morgan fingerprint density at radius 1 is 1.20 bits per heavy atom. The molecule has 2 heterocycles. The van der Waals surface area contributed by atoms with Gasteiger partial charge in [-0.25, -0.2) is 0 Å². The normalized spacial score (nSPS) is 20.7. The number of aliphatic carboxylic acids is 1. The van der Waals surface area contributed by atoms with Crippen LogP contribution in [0.3, 0.4) is 0 Å². The lowest BCUT2D eigenvalue weighted by atomic mass is 9.97. The molecule has 6 heteroatoms. The second-order valence-corrected chi connectivity index (χ2v) is 7.40. The molecule has 1 aromatic carbocycles. The van der Waals surface area contributed by atoms with Crippen LogP contribution in [-0.2, 0) is 4.79 Å². The van der Waals surface area contributed by atoms with Gasteiger partial charge in [0.25, 0.3) is 5.91 Å². The maximum absolute atomic E-state index is 13.2. The number of amides is 1. The second kappa shape index (κ2) is 6.30. The molecule has 1 amide bonds. The number of fused-ring (bicyclic) bond motifs is 1. The summed E-state index contributed by atoms with van der Waals surface area (Å²) in [5.41, 5.74) is 2.30. The van der Waals surface area contributed by atoms with Gasteiger partial charge < -0.3 is 10.0 Å². The first kappa shape index (κ1) is 16.3. The summed E-state index contributed by atoms with van der Waals surface area (Å²) in [6.07, 6.45) is 3.53. The summed E-state index contributed by atoms with van der Waals surface area (Å²) in [7, 11) is 0. The van der Waals surface area contributed by atoms with Crippen molar-refractivity contribution in [1.82, 2.24) is 9.88 Å². The van der Waals surface area contributed by atoms with Crippen molar-refractivity contribution in [2.24, 2.45) is 5.92 Å². The van der Waals surface area contributed by atoms with Crippen molar-refractivity contribution in [2.45, 2.75) is 31.6 Å². The molecule has 2 fully saturated rings. The van der Waals surface area contributed by atoms with E-state index in [1.54, 1.807) is 17.0 Å². The number of aromatic nitrogens is 1. The SMILES string of the molecule is O=C(O)C1CCCN(C(=O)c2cc(C3CC3)nc3ccc(Cl)cc23)C1. The van der Waals surface area contributed by atoms with E-state index in [1.165, 1.54) is 0 Å². The van der Waals surface area contributed by atoms with Crippen molar-refractivity contribution in [3.63, 3.8) is 0 Å². The van der Waals surface area contributed by atoms with E-state index in [1.807, 2.05) is 12.1 Å². The largest absolute Gasteiger partial charge is 0.481 e. The Hall–Kier alpha value is -2.14. The Labute approximate surface area is 150 Å². The molecule has 1 aromatic heterocycles. The third-order valence-corrected chi connectivity index (χ3v) is 5.31. The highest BCUT2D eigenvalue weighted by molar-refractivity contribution is 6.31. The molecule has 4 rings (SSSR count). The Kier molecular flexibility index (Phi) is 4.12. The number of carbonyl (C=O) groups is 2. The molecule has 2 aliphatic rings. The number of piperidine rings is 1. The number of likely N-dealkylation sites (tertiary alicyclic amines) is 1. The summed E-state index contributed by atoms with van der Waals surface area (Å²) in [5.74, 6) is -1.02. The number of halogens is 1. The summed E-state index contributed by atoms with van der Waals surface area (Å²) in [6, 6.07) is 7.27. The first-order valence-electron chi connectivity index (χ1n) is 8.65. The van der Waals surface area contributed by atoms with Crippen LogP contribution < -0.4 is 0 Å². The smallest absolute Gasteiger partial charge is 0.308 e.